The average Bonchev–Trinajstić information content (AvgIpc) is 2.64. The van der Waals surface area contributed by atoms with E-state index in [0.717, 1.165) is 26.2 Å². The highest BCUT2D eigenvalue weighted by Gasteiger charge is 2.10. The lowest BCUT2D eigenvalue weighted by Crippen LogP contribution is -2.02. The normalized spacial score (nSPS) is 13.7. The zero-order valence-corrected chi connectivity index (χ0v) is 9.18. The Labute approximate surface area is 91.0 Å². The van der Waals surface area contributed by atoms with E-state index in [9.17, 15) is 0 Å². The third-order valence-corrected chi connectivity index (χ3v) is 2.60. The quantitative estimate of drug-likeness (QED) is 0.759. The highest BCUT2D eigenvalue weighted by molar-refractivity contribution is 5.49. The first-order valence-corrected chi connectivity index (χ1v) is 5.33. The van der Waals surface area contributed by atoms with Gasteiger partial charge in [-0.15, -0.1) is 6.58 Å². The predicted octanol–water partition coefficient (Wildman–Crippen LogP) is 3.09. The summed E-state index contributed by atoms with van der Waals surface area (Å²) in [5, 5.41) is 3.39. The zero-order chi connectivity index (χ0) is 10.7. The molecule has 0 amide bonds. The Kier molecular flexibility index (Phi) is 3.07. The van der Waals surface area contributed by atoms with Crippen LogP contribution in [0.5, 0.6) is 0 Å². The van der Waals surface area contributed by atoms with Gasteiger partial charge in [-0.05, 0) is 36.6 Å². The van der Waals surface area contributed by atoms with Gasteiger partial charge >= 0.3 is 0 Å². The number of hydrogen-bond acceptors (Lipinski definition) is 2. The molecule has 1 heterocycles. The van der Waals surface area contributed by atoms with Gasteiger partial charge in [-0.2, -0.15) is 0 Å². The summed E-state index contributed by atoms with van der Waals surface area (Å²) in [6.07, 6.45) is 1.02. The lowest BCUT2D eigenvalue weighted by Gasteiger charge is -2.07. The van der Waals surface area contributed by atoms with Crippen molar-refractivity contribution in [2.75, 3.05) is 11.9 Å². The van der Waals surface area contributed by atoms with Crippen molar-refractivity contribution in [1.29, 1.82) is 0 Å². The number of nitrogens with one attached hydrogen (secondary N) is 1. The van der Waals surface area contributed by atoms with Gasteiger partial charge in [-0.25, -0.2) is 0 Å². The van der Waals surface area contributed by atoms with Crippen molar-refractivity contribution in [3.63, 3.8) is 0 Å². The van der Waals surface area contributed by atoms with Gasteiger partial charge in [-0.3, -0.25) is 0 Å². The molecule has 1 aliphatic heterocycles. The second-order valence-electron chi connectivity index (χ2n) is 4.11. The standard InChI is InChI=1S/C13H17NO/c1-10(2)5-6-14-13-4-3-11-8-15-9-12(11)7-13/h3-4,7,14H,1,5-6,8-9H2,2H3. The lowest BCUT2D eigenvalue weighted by atomic mass is 10.1. The molecular formula is C13H17NO. The maximum Gasteiger partial charge on any atom is 0.0725 e. The molecule has 0 fully saturated rings. The van der Waals surface area contributed by atoms with Crippen LogP contribution < -0.4 is 5.32 Å². The van der Waals surface area contributed by atoms with Crippen molar-refractivity contribution in [3.05, 3.63) is 41.5 Å². The number of hydrogen-bond donors (Lipinski definition) is 1. The minimum Gasteiger partial charge on any atom is -0.385 e. The number of ether oxygens (including phenoxy) is 1. The monoisotopic (exact) mass is 203 g/mol. The van der Waals surface area contributed by atoms with Crippen molar-refractivity contribution in [2.45, 2.75) is 26.6 Å². The number of rotatable bonds is 4. The van der Waals surface area contributed by atoms with Gasteiger partial charge in [0.1, 0.15) is 0 Å². The molecule has 0 aromatic heterocycles. The maximum atomic E-state index is 5.37. The average molecular weight is 203 g/mol. The summed E-state index contributed by atoms with van der Waals surface area (Å²) in [6, 6.07) is 6.44. The number of anilines is 1. The van der Waals surface area contributed by atoms with E-state index in [0.29, 0.717) is 0 Å². The van der Waals surface area contributed by atoms with E-state index in [1.54, 1.807) is 0 Å². The van der Waals surface area contributed by atoms with E-state index in [1.807, 2.05) is 0 Å². The summed E-state index contributed by atoms with van der Waals surface area (Å²) in [5.74, 6) is 0. The molecule has 0 saturated carbocycles. The Bertz CT molecular complexity index is 371. The molecule has 1 aromatic rings. The summed E-state index contributed by atoms with van der Waals surface area (Å²) < 4.78 is 5.37. The Morgan fingerprint density at radius 2 is 2.20 bits per heavy atom. The Balaban J connectivity index is 1.95. The summed E-state index contributed by atoms with van der Waals surface area (Å²) in [7, 11) is 0. The molecular weight excluding hydrogens is 186 g/mol. The molecule has 0 bridgehead atoms. The van der Waals surface area contributed by atoms with Crippen molar-refractivity contribution < 1.29 is 4.74 Å². The fourth-order valence-corrected chi connectivity index (χ4v) is 1.70. The molecule has 0 atom stereocenters. The molecule has 80 valence electrons. The van der Waals surface area contributed by atoms with Gasteiger partial charge in [-0.1, -0.05) is 11.6 Å². The minimum atomic E-state index is 0.755. The number of fused-ring (bicyclic) bond motifs is 1. The summed E-state index contributed by atoms with van der Waals surface area (Å²) >= 11 is 0. The second-order valence-corrected chi connectivity index (χ2v) is 4.11. The summed E-state index contributed by atoms with van der Waals surface area (Å²) in [6.45, 7) is 8.41. The Hall–Kier alpha value is -1.28. The van der Waals surface area contributed by atoms with Gasteiger partial charge in [0.2, 0.25) is 0 Å². The Morgan fingerprint density at radius 1 is 1.40 bits per heavy atom. The van der Waals surface area contributed by atoms with E-state index in [4.69, 9.17) is 4.74 Å². The van der Waals surface area contributed by atoms with E-state index in [-0.39, 0.29) is 0 Å². The van der Waals surface area contributed by atoms with Gasteiger partial charge in [0.05, 0.1) is 13.2 Å². The van der Waals surface area contributed by atoms with E-state index in [1.165, 1.54) is 22.4 Å². The maximum absolute atomic E-state index is 5.37. The molecule has 1 N–H and O–H groups in total. The SMILES string of the molecule is C=C(C)CCNc1ccc2c(c1)COC2. The van der Waals surface area contributed by atoms with Crippen LogP contribution in [-0.2, 0) is 18.0 Å². The lowest BCUT2D eigenvalue weighted by molar-refractivity contribution is 0.134. The number of benzene rings is 1. The molecule has 1 aromatic carbocycles. The fourth-order valence-electron chi connectivity index (χ4n) is 1.70. The first-order chi connectivity index (χ1) is 7.25. The molecule has 2 heteroatoms. The largest absolute Gasteiger partial charge is 0.385 e. The molecule has 0 saturated heterocycles. The molecule has 0 unspecified atom stereocenters. The second kappa shape index (κ2) is 4.49. The van der Waals surface area contributed by atoms with Crippen molar-refractivity contribution in [2.24, 2.45) is 0 Å². The van der Waals surface area contributed by atoms with Crippen LogP contribution in [-0.4, -0.2) is 6.54 Å². The molecule has 0 radical (unpaired) electrons. The smallest absolute Gasteiger partial charge is 0.0725 e. The van der Waals surface area contributed by atoms with Crippen molar-refractivity contribution in [1.82, 2.24) is 0 Å². The summed E-state index contributed by atoms with van der Waals surface area (Å²) in [4.78, 5) is 0. The van der Waals surface area contributed by atoms with E-state index < -0.39 is 0 Å². The van der Waals surface area contributed by atoms with Gasteiger partial charge in [0, 0.05) is 12.2 Å². The highest BCUT2D eigenvalue weighted by atomic mass is 16.5. The van der Waals surface area contributed by atoms with Crippen LogP contribution in [0, 0.1) is 0 Å². The summed E-state index contributed by atoms with van der Waals surface area (Å²) in [5.41, 5.74) is 5.03. The molecule has 1 aliphatic rings. The van der Waals surface area contributed by atoms with Crippen LogP contribution in [0.25, 0.3) is 0 Å². The molecule has 15 heavy (non-hydrogen) atoms. The third-order valence-electron chi connectivity index (χ3n) is 2.60. The molecule has 2 rings (SSSR count). The molecule has 0 aliphatic carbocycles. The van der Waals surface area contributed by atoms with Crippen LogP contribution in [0.4, 0.5) is 5.69 Å². The fraction of sp³-hybridized carbons (Fsp3) is 0.385. The van der Waals surface area contributed by atoms with Gasteiger partial charge in [0.15, 0.2) is 0 Å². The van der Waals surface area contributed by atoms with Gasteiger partial charge in [0.25, 0.3) is 0 Å². The van der Waals surface area contributed by atoms with Crippen LogP contribution in [0.15, 0.2) is 30.4 Å². The van der Waals surface area contributed by atoms with Crippen LogP contribution in [0.2, 0.25) is 0 Å². The zero-order valence-electron chi connectivity index (χ0n) is 9.18. The predicted molar refractivity (Wildman–Crippen MR) is 62.9 cm³/mol. The van der Waals surface area contributed by atoms with Gasteiger partial charge < -0.3 is 10.1 Å². The van der Waals surface area contributed by atoms with Crippen LogP contribution in [0.3, 0.4) is 0 Å². The highest BCUT2D eigenvalue weighted by Crippen LogP contribution is 2.23. The van der Waals surface area contributed by atoms with Crippen LogP contribution in [0.1, 0.15) is 24.5 Å². The first-order valence-electron chi connectivity index (χ1n) is 5.33. The third kappa shape index (κ3) is 2.60. The molecule has 2 nitrogen and oxygen atoms in total. The topological polar surface area (TPSA) is 21.3 Å². The minimum absolute atomic E-state index is 0.755. The van der Waals surface area contributed by atoms with E-state index >= 15 is 0 Å². The molecule has 0 spiro atoms. The first kappa shape index (κ1) is 10.2. The van der Waals surface area contributed by atoms with Crippen molar-refractivity contribution >= 4 is 5.69 Å². The van der Waals surface area contributed by atoms with Crippen molar-refractivity contribution in [3.8, 4) is 0 Å². The Morgan fingerprint density at radius 3 is 3.00 bits per heavy atom. The van der Waals surface area contributed by atoms with E-state index in [2.05, 4.69) is 37.0 Å². The van der Waals surface area contributed by atoms with Crippen LogP contribution >= 0.6 is 0 Å².